The van der Waals surface area contributed by atoms with Crippen LogP contribution in [0, 0.1) is 5.92 Å². The number of alkyl halides is 2. The number of carbonyl (C=O) groups is 2. The van der Waals surface area contributed by atoms with Gasteiger partial charge in [-0.15, -0.1) is 0 Å². The van der Waals surface area contributed by atoms with Gasteiger partial charge in [0.05, 0.1) is 12.6 Å². The van der Waals surface area contributed by atoms with Gasteiger partial charge >= 0.3 is 0 Å². The van der Waals surface area contributed by atoms with Crippen LogP contribution in [0.15, 0.2) is 30.6 Å². The number of anilines is 1. The van der Waals surface area contributed by atoms with Crippen molar-refractivity contribution in [3.05, 3.63) is 47.3 Å². The van der Waals surface area contributed by atoms with Crippen LogP contribution in [-0.4, -0.2) is 39.2 Å². The minimum Gasteiger partial charge on any atom is -0.471 e. The molecule has 7 nitrogen and oxygen atoms in total. The number of halogens is 2. The van der Waals surface area contributed by atoms with Gasteiger partial charge in [0.25, 0.3) is 11.8 Å². The van der Waals surface area contributed by atoms with E-state index in [0.29, 0.717) is 29.9 Å². The molecule has 2 aliphatic rings. The predicted molar refractivity (Wildman–Crippen MR) is 109 cm³/mol. The second-order valence-electron chi connectivity index (χ2n) is 8.09. The summed E-state index contributed by atoms with van der Waals surface area (Å²) >= 11 is 0. The fourth-order valence-corrected chi connectivity index (χ4v) is 3.68. The van der Waals surface area contributed by atoms with Gasteiger partial charge in [0.1, 0.15) is 5.82 Å². The molecule has 1 N–H and O–H groups in total. The van der Waals surface area contributed by atoms with E-state index >= 15 is 0 Å². The van der Waals surface area contributed by atoms with Gasteiger partial charge in [0.15, 0.2) is 6.61 Å². The van der Waals surface area contributed by atoms with Crippen LogP contribution >= 0.6 is 0 Å². The first-order valence-corrected chi connectivity index (χ1v) is 10.3. The molecule has 1 aliphatic carbocycles. The second kappa shape index (κ2) is 8.20. The lowest BCUT2D eigenvalue weighted by atomic mass is 10.1. The van der Waals surface area contributed by atoms with Crippen molar-refractivity contribution in [1.29, 1.82) is 0 Å². The van der Waals surface area contributed by atoms with Gasteiger partial charge < -0.3 is 15.0 Å². The van der Waals surface area contributed by atoms with Crippen LogP contribution in [0.4, 0.5) is 14.6 Å². The Morgan fingerprint density at radius 3 is 2.71 bits per heavy atom. The lowest BCUT2D eigenvalue weighted by Gasteiger charge is -2.27. The van der Waals surface area contributed by atoms with Gasteiger partial charge in [-0.2, -0.15) is 0 Å². The number of carbonyl (C=O) groups excluding carboxylic acids is 2. The fourth-order valence-electron chi connectivity index (χ4n) is 3.68. The number of ether oxygens (including phenoxy) is 1. The van der Waals surface area contributed by atoms with Gasteiger partial charge in [-0.3, -0.25) is 9.59 Å². The number of pyridine rings is 2. The second-order valence-corrected chi connectivity index (χ2v) is 8.09. The van der Waals surface area contributed by atoms with Crippen molar-refractivity contribution in [3.8, 4) is 5.88 Å². The van der Waals surface area contributed by atoms with E-state index in [2.05, 4.69) is 15.3 Å². The molecule has 1 fully saturated rings. The lowest BCUT2D eigenvalue weighted by Crippen LogP contribution is -2.29. The largest absolute Gasteiger partial charge is 0.471 e. The van der Waals surface area contributed by atoms with Gasteiger partial charge in [0.2, 0.25) is 11.8 Å². The maximum Gasteiger partial charge on any atom is 0.278 e. The Kier molecular flexibility index (Phi) is 5.60. The molecule has 2 aromatic heterocycles. The van der Waals surface area contributed by atoms with Crippen LogP contribution in [0.3, 0.4) is 0 Å². The SMILES string of the molecule is CCC(c1ccc(OCC(C)(F)F)nc1)N1Cc2c(ccnc2NC(=O)C2CC2)C1=O. The molecule has 1 saturated carbocycles. The zero-order valence-corrected chi connectivity index (χ0v) is 17.4. The van der Waals surface area contributed by atoms with E-state index in [0.717, 1.165) is 25.3 Å². The molecule has 31 heavy (non-hydrogen) atoms. The van der Waals surface area contributed by atoms with E-state index < -0.39 is 12.5 Å². The summed E-state index contributed by atoms with van der Waals surface area (Å²) in [6.45, 7) is 2.30. The Morgan fingerprint density at radius 1 is 1.32 bits per heavy atom. The fraction of sp³-hybridized carbons (Fsp3) is 0.455. The predicted octanol–water partition coefficient (Wildman–Crippen LogP) is 3.97. The Balaban J connectivity index is 1.51. The topological polar surface area (TPSA) is 84.4 Å². The minimum absolute atomic E-state index is 0.0359. The third-order valence-corrected chi connectivity index (χ3v) is 5.45. The van der Waals surface area contributed by atoms with Crippen LogP contribution in [0.2, 0.25) is 0 Å². The highest BCUT2D eigenvalue weighted by atomic mass is 19.3. The smallest absolute Gasteiger partial charge is 0.278 e. The molecule has 0 saturated heterocycles. The van der Waals surface area contributed by atoms with Gasteiger partial charge in [0, 0.05) is 42.4 Å². The molecule has 4 rings (SSSR count). The van der Waals surface area contributed by atoms with E-state index in [9.17, 15) is 18.4 Å². The number of fused-ring (bicyclic) bond motifs is 1. The normalized spacial score (nSPS) is 16.8. The van der Waals surface area contributed by atoms with Crippen LogP contribution < -0.4 is 10.1 Å². The van der Waals surface area contributed by atoms with Crippen molar-refractivity contribution in [3.63, 3.8) is 0 Å². The number of amides is 2. The van der Waals surface area contributed by atoms with Gasteiger partial charge in [-0.25, -0.2) is 18.7 Å². The summed E-state index contributed by atoms with van der Waals surface area (Å²) in [7, 11) is 0. The van der Waals surface area contributed by atoms with Gasteiger partial charge in [-0.05, 0) is 30.9 Å². The van der Waals surface area contributed by atoms with Crippen LogP contribution in [0.25, 0.3) is 0 Å². The molecule has 0 spiro atoms. The molecule has 1 aliphatic heterocycles. The molecular weight excluding hydrogens is 406 g/mol. The molecule has 0 aromatic carbocycles. The zero-order chi connectivity index (χ0) is 22.2. The number of nitrogens with one attached hydrogen (secondary N) is 1. The number of aromatic nitrogens is 2. The monoisotopic (exact) mass is 430 g/mol. The Bertz CT molecular complexity index is 987. The summed E-state index contributed by atoms with van der Waals surface area (Å²) in [6, 6.07) is 4.66. The molecule has 2 amide bonds. The first-order valence-electron chi connectivity index (χ1n) is 10.3. The van der Waals surface area contributed by atoms with Crippen molar-refractivity contribution in [2.45, 2.75) is 51.6 Å². The summed E-state index contributed by atoms with van der Waals surface area (Å²) in [5.41, 5.74) is 2.01. The van der Waals surface area contributed by atoms with Gasteiger partial charge in [-0.1, -0.05) is 13.0 Å². The molecule has 1 atom stereocenters. The Labute approximate surface area is 178 Å². The summed E-state index contributed by atoms with van der Waals surface area (Å²) in [6.07, 6.45) is 5.47. The molecule has 2 aromatic rings. The molecule has 0 radical (unpaired) electrons. The highest BCUT2D eigenvalue weighted by Gasteiger charge is 2.36. The summed E-state index contributed by atoms with van der Waals surface area (Å²) in [5, 5.41) is 2.86. The van der Waals surface area contributed by atoms with Crippen molar-refractivity contribution < 1.29 is 23.1 Å². The maximum absolute atomic E-state index is 13.1. The third-order valence-electron chi connectivity index (χ3n) is 5.45. The summed E-state index contributed by atoms with van der Waals surface area (Å²) < 4.78 is 31.0. The average Bonchev–Trinajstić information content (AvgIpc) is 3.53. The highest BCUT2D eigenvalue weighted by molar-refractivity contribution is 6.02. The quantitative estimate of drug-likeness (QED) is 0.685. The Hall–Kier alpha value is -3.10. The average molecular weight is 430 g/mol. The Morgan fingerprint density at radius 2 is 2.10 bits per heavy atom. The van der Waals surface area contributed by atoms with Crippen LogP contribution in [0.5, 0.6) is 5.88 Å². The minimum atomic E-state index is -2.94. The number of hydrogen-bond acceptors (Lipinski definition) is 5. The molecule has 1 unspecified atom stereocenters. The molecule has 0 bridgehead atoms. The van der Waals surface area contributed by atoms with E-state index in [1.54, 1.807) is 23.2 Å². The molecule has 164 valence electrons. The highest BCUT2D eigenvalue weighted by Crippen LogP contribution is 2.37. The maximum atomic E-state index is 13.1. The summed E-state index contributed by atoms with van der Waals surface area (Å²) in [4.78, 5) is 35.4. The van der Waals surface area contributed by atoms with Crippen molar-refractivity contribution >= 4 is 17.6 Å². The molecule has 9 heteroatoms. The number of rotatable bonds is 8. The van der Waals surface area contributed by atoms with Crippen LogP contribution in [-0.2, 0) is 11.3 Å². The third kappa shape index (κ3) is 4.65. The van der Waals surface area contributed by atoms with E-state index in [1.807, 2.05) is 6.92 Å². The van der Waals surface area contributed by atoms with Crippen molar-refractivity contribution in [1.82, 2.24) is 14.9 Å². The number of nitrogens with zero attached hydrogens (tertiary/aromatic N) is 3. The lowest BCUT2D eigenvalue weighted by molar-refractivity contribution is -0.117. The van der Waals surface area contributed by atoms with E-state index in [-0.39, 0.29) is 29.7 Å². The first-order chi connectivity index (χ1) is 14.8. The molecule has 3 heterocycles. The zero-order valence-electron chi connectivity index (χ0n) is 17.4. The van der Waals surface area contributed by atoms with E-state index in [1.165, 1.54) is 12.3 Å². The van der Waals surface area contributed by atoms with E-state index in [4.69, 9.17) is 4.74 Å². The molecular formula is C22H24F2N4O3. The standard InChI is InChI=1S/C22H24F2N4O3/c1-3-17(14-6-7-18(26-10-14)31-12-22(2,23)24)28-11-16-15(21(28)30)8-9-25-19(16)27-20(29)13-4-5-13/h6-10,13,17H,3-5,11-12H2,1-2H3,(H,25,27,29). The first kappa shape index (κ1) is 21.1. The number of hydrogen-bond donors (Lipinski definition) is 1. The van der Waals surface area contributed by atoms with Crippen LogP contribution in [0.1, 0.15) is 60.6 Å². The van der Waals surface area contributed by atoms with Crippen molar-refractivity contribution in [2.75, 3.05) is 11.9 Å². The summed E-state index contributed by atoms with van der Waals surface area (Å²) in [5.74, 6) is -2.57. The van der Waals surface area contributed by atoms with Crippen molar-refractivity contribution in [2.24, 2.45) is 5.92 Å².